The number of rotatable bonds is 8. The van der Waals surface area contributed by atoms with Crippen molar-refractivity contribution in [2.75, 3.05) is 18.8 Å². The second-order valence-electron chi connectivity index (χ2n) is 5.05. The van der Waals surface area contributed by atoms with Crippen LogP contribution in [0.5, 0.6) is 0 Å². The molecule has 24 heavy (non-hydrogen) atoms. The van der Waals surface area contributed by atoms with Gasteiger partial charge in [0.2, 0.25) is 5.91 Å². The van der Waals surface area contributed by atoms with E-state index in [9.17, 15) is 14.0 Å². The molecule has 0 bridgehead atoms. The Morgan fingerprint density at radius 3 is 2.38 bits per heavy atom. The number of hydrogen-bond donors (Lipinski definition) is 2. The van der Waals surface area contributed by atoms with Crippen molar-refractivity contribution in [3.8, 4) is 0 Å². The third kappa shape index (κ3) is 6.42. The number of amides is 2. The predicted octanol–water partition coefficient (Wildman–Crippen LogP) is 2.85. The van der Waals surface area contributed by atoms with Gasteiger partial charge in [0.25, 0.3) is 5.91 Å². The minimum atomic E-state index is -0.266. The number of thioether (sulfide) groups is 1. The van der Waals surface area contributed by atoms with Crippen molar-refractivity contribution in [2.45, 2.75) is 11.3 Å². The van der Waals surface area contributed by atoms with Crippen LogP contribution in [-0.4, -0.2) is 30.7 Å². The molecular formula is C18H19FN2O2S. The van der Waals surface area contributed by atoms with Crippen molar-refractivity contribution >= 4 is 23.6 Å². The maximum Gasteiger partial charge on any atom is 0.251 e. The Morgan fingerprint density at radius 1 is 0.958 bits per heavy atom. The first-order valence-electron chi connectivity index (χ1n) is 7.63. The molecule has 0 saturated heterocycles. The number of carbonyl (C=O) groups is 2. The van der Waals surface area contributed by atoms with Crippen LogP contribution < -0.4 is 10.6 Å². The van der Waals surface area contributed by atoms with E-state index in [2.05, 4.69) is 10.6 Å². The Kier molecular flexibility index (Phi) is 7.29. The standard InChI is InChI=1S/C18H19FN2O2S/c19-15-7-9-16(10-8-15)24-12-4-11-20-17(22)13-21-18(23)14-5-2-1-3-6-14/h1-3,5-10H,4,11-13H2,(H,20,22)(H,21,23). The van der Waals surface area contributed by atoms with E-state index in [0.29, 0.717) is 12.1 Å². The molecule has 0 atom stereocenters. The van der Waals surface area contributed by atoms with Gasteiger partial charge in [-0.3, -0.25) is 9.59 Å². The minimum absolute atomic E-state index is 0.0428. The van der Waals surface area contributed by atoms with Crippen LogP contribution in [0.15, 0.2) is 59.5 Å². The fourth-order valence-corrected chi connectivity index (χ4v) is 2.79. The summed E-state index contributed by atoms with van der Waals surface area (Å²) < 4.78 is 12.8. The van der Waals surface area contributed by atoms with Crippen molar-refractivity contribution in [1.82, 2.24) is 10.6 Å². The van der Waals surface area contributed by atoms with Gasteiger partial charge in [-0.05, 0) is 48.6 Å². The molecule has 2 amide bonds. The molecule has 2 rings (SSSR count). The Labute approximate surface area is 144 Å². The van der Waals surface area contributed by atoms with Crippen LogP contribution in [0.1, 0.15) is 16.8 Å². The van der Waals surface area contributed by atoms with Crippen LogP contribution in [0.2, 0.25) is 0 Å². The van der Waals surface area contributed by atoms with Crippen LogP contribution in [-0.2, 0) is 4.79 Å². The van der Waals surface area contributed by atoms with Crippen LogP contribution >= 0.6 is 11.8 Å². The van der Waals surface area contributed by atoms with Crippen LogP contribution in [0.4, 0.5) is 4.39 Å². The van der Waals surface area contributed by atoms with Crippen LogP contribution in [0, 0.1) is 5.82 Å². The van der Waals surface area contributed by atoms with Gasteiger partial charge in [-0.15, -0.1) is 11.8 Å². The predicted molar refractivity (Wildman–Crippen MR) is 93.5 cm³/mol. The lowest BCUT2D eigenvalue weighted by molar-refractivity contribution is -0.120. The highest BCUT2D eigenvalue weighted by molar-refractivity contribution is 7.99. The summed E-state index contributed by atoms with van der Waals surface area (Å²) in [5.41, 5.74) is 0.529. The average Bonchev–Trinajstić information content (AvgIpc) is 2.61. The normalized spacial score (nSPS) is 10.2. The van der Waals surface area contributed by atoms with Crippen LogP contribution in [0.25, 0.3) is 0 Å². The van der Waals surface area contributed by atoms with Crippen molar-refractivity contribution < 1.29 is 14.0 Å². The number of nitrogens with one attached hydrogen (secondary N) is 2. The summed E-state index contributed by atoms with van der Waals surface area (Å²) in [6, 6.07) is 15.1. The van der Waals surface area contributed by atoms with Gasteiger partial charge in [0.15, 0.2) is 0 Å². The second kappa shape index (κ2) is 9.72. The lowest BCUT2D eigenvalue weighted by Crippen LogP contribution is -2.37. The van der Waals surface area contributed by atoms with Crippen LogP contribution in [0.3, 0.4) is 0 Å². The molecule has 0 spiro atoms. The Bertz CT molecular complexity index is 662. The van der Waals surface area contributed by atoms with Gasteiger partial charge in [0.05, 0.1) is 6.54 Å². The summed E-state index contributed by atoms with van der Waals surface area (Å²) in [4.78, 5) is 24.5. The van der Waals surface area contributed by atoms with E-state index in [1.54, 1.807) is 48.2 Å². The summed E-state index contributed by atoms with van der Waals surface area (Å²) in [6.45, 7) is 0.493. The minimum Gasteiger partial charge on any atom is -0.355 e. The van der Waals surface area contributed by atoms with E-state index < -0.39 is 0 Å². The highest BCUT2D eigenvalue weighted by Crippen LogP contribution is 2.18. The smallest absolute Gasteiger partial charge is 0.251 e. The molecule has 0 fully saturated rings. The van der Waals surface area contributed by atoms with Gasteiger partial charge in [0, 0.05) is 17.0 Å². The Balaban J connectivity index is 1.56. The lowest BCUT2D eigenvalue weighted by Gasteiger charge is -2.07. The summed E-state index contributed by atoms with van der Waals surface area (Å²) in [5, 5.41) is 5.34. The summed E-state index contributed by atoms with van der Waals surface area (Å²) in [7, 11) is 0. The molecule has 2 aromatic carbocycles. The van der Waals surface area contributed by atoms with E-state index in [1.165, 1.54) is 12.1 Å². The zero-order valence-corrected chi connectivity index (χ0v) is 13.9. The number of carbonyl (C=O) groups excluding carboxylic acids is 2. The van der Waals surface area contributed by atoms with E-state index in [0.717, 1.165) is 17.1 Å². The molecule has 0 radical (unpaired) electrons. The molecule has 0 unspecified atom stereocenters. The molecule has 0 aliphatic heterocycles. The molecule has 0 aliphatic carbocycles. The summed E-state index contributed by atoms with van der Waals surface area (Å²) >= 11 is 1.61. The van der Waals surface area contributed by atoms with Gasteiger partial charge in [0.1, 0.15) is 5.82 Å². The molecule has 6 heteroatoms. The quantitative estimate of drug-likeness (QED) is 0.571. The van der Waals surface area contributed by atoms with E-state index in [1.807, 2.05) is 6.07 Å². The molecular weight excluding hydrogens is 327 g/mol. The molecule has 4 nitrogen and oxygen atoms in total. The molecule has 0 heterocycles. The largest absolute Gasteiger partial charge is 0.355 e. The third-order valence-corrected chi connectivity index (χ3v) is 4.27. The lowest BCUT2D eigenvalue weighted by atomic mass is 10.2. The van der Waals surface area contributed by atoms with Gasteiger partial charge < -0.3 is 10.6 Å². The van der Waals surface area contributed by atoms with Crippen molar-refractivity contribution in [3.05, 3.63) is 66.0 Å². The monoisotopic (exact) mass is 346 g/mol. The number of hydrogen-bond acceptors (Lipinski definition) is 3. The number of benzene rings is 2. The summed E-state index contributed by atoms with van der Waals surface area (Å²) in [5.74, 6) is 0.0929. The zero-order valence-electron chi connectivity index (χ0n) is 13.1. The third-order valence-electron chi connectivity index (χ3n) is 3.17. The first-order valence-corrected chi connectivity index (χ1v) is 8.62. The van der Waals surface area contributed by atoms with Gasteiger partial charge in [-0.2, -0.15) is 0 Å². The highest BCUT2D eigenvalue weighted by atomic mass is 32.2. The van der Waals surface area contributed by atoms with Gasteiger partial charge in [-0.25, -0.2) is 4.39 Å². The Morgan fingerprint density at radius 2 is 1.67 bits per heavy atom. The van der Waals surface area contributed by atoms with Crippen molar-refractivity contribution in [3.63, 3.8) is 0 Å². The maximum atomic E-state index is 12.8. The molecule has 0 aliphatic rings. The fraction of sp³-hybridized carbons (Fsp3) is 0.222. The van der Waals surface area contributed by atoms with Crippen molar-refractivity contribution in [1.29, 1.82) is 0 Å². The first-order chi connectivity index (χ1) is 11.6. The van der Waals surface area contributed by atoms with E-state index >= 15 is 0 Å². The molecule has 2 aromatic rings. The Hall–Kier alpha value is -2.34. The molecule has 0 saturated carbocycles. The SMILES string of the molecule is O=C(CNC(=O)c1ccccc1)NCCCSc1ccc(F)cc1. The zero-order chi connectivity index (χ0) is 17.2. The van der Waals surface area contributed by atoms with E-state index in [4.69, 9.17) is 0 Å². The number of halogens is 1. The molecule has 0 aromatic heterocycles. The van der Waals surface area contributed by atoms with Gasteiger partial charge in [-0.1, -0.05) is 18.2 Å². The topological polar surface area (TPSA) is 58.2 Å². The maximum absolute atomic E-state index is 12.8. The molecule has 126 valence electrons. The second-order valence-corrected chi connectivity index (χ2v) is 6.22. The van der Waals surface area contributed by atoms with Gasteiger partial charge >= 0.3 is 0 Å². The average molecular weight is 346 g/mol. The highest BCUT2D eigenvalue weighted by Gasteiger charge is 2.06. The van der Waals surface area contributed by atoms with Crippen molar-refractivity contribution in [2.24, 2.45) is 0 Å². The fourth-order valence-electron chi connectivity index (χ4n) is 1.94. The summed E-state index contributed by atoms with van der Waals surface area (Å²) in [6.07, 6.45) is 0.792. The molecule has 2 N–H and O–H groups in total. The van der Waals surface area contributed by atoms with E-state index in [-0.39, 0.29) is 24.2 Å². The first kappa shape index (κ1) is 18.0.